The maximum atomic E-state index is 10.4. The largest absolute Gasteiger partial charge is 0.545 e. The predicted octanol–water partition coefficient (Wildman–Crippen LogP) is 0.373. The number of carboxylic acids is 1. The highest BCUT2D eigenvalue weighted by molar-refractivity contribution is 8.02. The number of aliphatic carboxylic acids is 1. The number of hydrogen-bond acceptors (Lipinski definition) is 4. The Morgan fingerprint density at radius 2 is 2.46 bits per heavy atom. The molecular weight excluding hydrogens is 186 g/mol. The summed E-state index contributed by atoms with van der Waals surface area (Å²) in [6.45, 7) is 3.37. The fraction of sp³-hybridized carbons (Fsp3) is 0.111. The third-order valence-corrected chi connectivity index (χ3v) is 2.44. The van der Waals surface area contributed by atoms with Crippen LogP contribution in [-0.4, -0.2) is 11.7 Å². The summed E-state index contributed by atoms with van der Waals surface area (Å²) in [6.07, 6.45) is 1.52. The number of rotatable bonds is 2. The van der Waals surface area contributed by atoms with Gasteiger partial charge in [-0.05, 0) is 22.6 Å². The Morgan fingerprint density at radius 3 is 3.00 bits per heavy atom. The van der Waals surface area contributed by atoms with Gasteiger partial charge in [-0.2, -0.15) is 5.26 Å². The number of allylic oxidation sites excluding steroid dienone is 2. The molecule has 0 fully saturated rings. The average molecular weight is 192 g/mol. The van der Waals surface area contributed by atoms with Crippen molar-refractivity contribution in [1.82, 2.24) is 0 Å². The first-order valence-electron chi connectivity index (χ1n) is 3.48. The third-order valence-electron chi connectivity index (χ3n) is 1.54. The number of thioether (sulfide) groups is 1. The molecule has 0 bridgehead atoms. The molecule has 4 heteroatoms. The number of carbonyl (C=O) groups excluding carboxylic acids is 1. The molecule has 1 heterocycles. The van der Waals surface area contributed by atoms with Gasteiger partial charge in [0.15, 0.2) is 0 Å². The van der Waals surface area contributed by atoms with Crippen molar-refractivity contribution in [3.05, 3.63) is 34.8 Å². The maximum absolute atomic E-state index is 10.4. The van der Waals surface area contributed by atoms with Crippen LogP contribution >= 0.6 is 11.8 Å². The van der Waals surface area contributed by atoms with Gasteiger partial charge in [-0.1, -0.05) is 6.58 Å². The lowest BCUT2D eigenvalue weighted by Crippen LogP contribution is -2.25. The monoisotopic (exact) mass is 192 g/mol. The molecule has 13 heavy (non-hydrogen) atoms. The highest BCUT2D eigenvalue weighted by Crippen LogP contribution is 2.23. The van der Waals surface area contributed by atoms with E-state index in [4.69, 9.17) is 5.26 Å². The van der Waals surface area contributed by atoms with Crippen LogP contribution in [0.3, 0.4) is 0 Å². The summed E-state index contributed by atoms with van der Waals surface area (Å²) in [5.74, 6) is -0.760. The summed E-state index contributed by atoms with van der Waals surface area (Å²) in [5, 5.41) is 20.7. The Kier molecular flexibility index (Phi) is 2.93. The molecule has 0 aromatic rings. The quantitative estimate of drug-likeness (QED) is 0.593. The van der Waals surface area contributed by atoms with E-state index in [1.165, 1.54) is 17.8 Å². The Labute approximate surface area is 80.1 Å². The lowest BCUT2D eigenvalue weighted by Gasteiger charge is -2.13. The van der Waals surface area contributed by atoms with E-state index in [2.05, 4.69) is 6.58 Å². The average Bonchev–Trinajstić information content (AvgIpc) is 2.16. The second-order valence-corrected chi connectivity index (χ2v) is 3.29. The molecule has 1 aliphatic rings. The van der Waals surface area contributed by atoms with E-state index in [9.17, 15) is 9.90 Å². The minimum Gasteiger partial charge on any atom is -0.545 e. The normalized spacial score (nSPS) is 15.3. The highest BCUT2D eigenvalue weighted by Gasteiger charge is 2.08. The second kappa shape index (κ2) is 3.97. The molecule has 3 nitrogen and oxygen atoms in total. The lowest BCUT2D eigenvalue weighted by atomic mass is 10.1. The molecule has 0 N–H and O–H groups in total. The smallest absolute Gasteiger partial charge is 0.0997 e. The van der Waals surface area contributed by atoms with Crippen LogP contribution in [0, 0.1) is 11.3 Å². The van der Waals surface area contributed by atoms with Gasteiger partial charge in [-0.15, -0.1) is 11.8 Å². The van der Waals surface area contributed by atoms with Crippen LogP contribution in [0.5, 0.6) is 0 Å². The van der Waals surface area contributed by atoms with Crippen molar-refractivity contribution in [2.75, 3.05) is 5.75 Å². The summed E-state index contributed by atoms with van der Waals surface area (Å²) in [4.78, 5) is 10.4. The second-order valence-electron chi connectivity index (χ2n) is 2.43. The van der Waals surface area contributed by atoms with Gasteiger partial charge in [-0.25, -0.2) is 0 Å². The first kappa shape index (κ1) is 9.62. The zero-order chi connectivity index (χ0) is 9.84. The van der Waals surface area contributed by atoms with Crippen molar-refractivity contribution < 1.29 is 9.90 Å². The van der Waals surface area contributed by atoms with E-state index in [0.29, 0.717) is 16.9 Å². The molecule has 0 aromatic heterocycles. The van der Waals surface area contributed by atoms with Crippen molar-refractivity contribution in [3.63, 3.8) is 0 Å². The summed E-state index contributed by atoms with van der Waals surface area (Å²) in [7, 11) is 0. The van der Waals surface area contributed by atoms with Gasteiger partial charge in [0.2, 0.25) is 0 Å². The summed E-state index contributed by atoms with van der Waals surface area (Å²) >= 11 is 1.38. The first-order valence-corrected chi connectivity index (χ1v) is 4.53. The molecule has 0 amide bonds. The van der Waals surface area contributed by atoms with E-state index in [1.54, 1.807) is 5.41 Å². The lowest BCUT2D eigenvalue weighted by molar-refractivity contribution is -0.298. The van der Waals surface area contributed by atoms with Gasteiger partial charge in [0.25, 0.3) is 0 Å². The SMILES string of the molecule is C=C(C(=O)[O-])C1=CC(C#N)=CSC1. The topological polar surface area (TPSA) is 63.9 Å². The summed E-state index contributed by atoms with van der Waals surface area (Å²) in [5.41, 5.74) is 0.950. The van der Waals surface area contributed by atoms with E-state index >= 15 is 0 Å². The fourth-order valence-electron chi connectivity index (χ4n) is 0.849. The zero-order valence-corrected chi connectivity index (χ0v) is 7.56. The fourth-order valence-corrected chi connectivity index (χ4v) is 1.67. The molecule has 0 aliphatic carbocycles. The standard InChI is InChI=1S/C9H7NO2S/c1-6(9(11)12)8-2-7(3-10)4-13-5-8/h2,4H,1,5H2,(H,11,12)/p-1. The van der Waals surface area contributed by atoms with E-state index < -0.39 is 5.97 Å². The Balaban J connectivity index is 2.90. The minimum atomic E-state index is -1.29. The molecule has 1 aliphatic heterocycles. The van der Waals surface area contributed by atoms with Crippen molar-refractivity contribution >= 4 is 17.7 Å². The summed E-state index contributed by atoms with van der Waals surface area (Å²) < 4.78 is 0. The van der Waals surface area contributed by atoms with Gasteiger partial charge in [-0.3, -0.25) is 0 Å². The Bertz CT molecular complexity index is 360. The van der Waals surface area contributed by atoms with Crippen LogP contribution in [0.15, 0.2) is 34.8 Å². The molecule has 0 atom stereocenters. The predicted molar refractivity (Wildman–Crippen MR) is 48.4 cm³/mol. The molecule has 0 spiro atoms. The number of hydrogen-bond donors (Lipinski definition) is 0. The number of carbonyl (C=O) groups is 1. The third kappa shape index (κ3) is 2.23. The maximum Gasteiger partial charge on any atom is 0.0997 e. The summed E-state index contributed by atoms with van der Waals surface area (Å²) in [6, 6.07) is 1.94. The van der Waals surface area contributed by atoms with Gasteiger partial charge >= 0.3 is 0 Å². The molecule has 0 radical (unpaired) electrons. The van der Waals surface area contributed by atoms with Crippen LogP contribution in [0.1, 0.15) is 0 Å². The van der Waals surface area contributed by atoms with Crippen molar-refractivity contribution in [2.24, 2.45) is 0 Å². The Hall–Kier alpha value is -1.47. The van der Waals surface area contributed by atoms with Crippen LogP contribution in [0.2, 0.25) is 0 Å². The molecule has 0 unspecified atom stereocenters. The van der Waals surface area contributed by atoms with E-state index in [1.807, 2.05) is 6.07 Å². The molecule has 1 rings (SSSR count). The molecule has 66 valence electrons. The highest BCUT2D eigenvalue weighted by atomic mass is 32.2. The number of nitrogens with zero attached hydrogens (tertiary/aromatic N) is 1. The van der Waals surface area contributed by atoms with Crippen LogP contribution in [0.25, 0.3) is 0 Å². The Morgan fingerprint density at radius 1 is 1.77 bits per heavy atom. The molecule has 0 saturated heterocycles. The number of carboxylic acid groups (broad SMARTS) is 1. The number of nitriles is 1. The van der Waals surface area contributed by atoms with Crippen LogP contribution in [-0.2, 0) is 4.79 Å². The molecule has 0 saturated carbocycles. The first-order chi connectivity index (χ1) is 6.15. The molecule has 0 aromatic carbocycles. The van der Waals surface area contributed by atoms with Gasteiger partial charge < -0.3 is 9.90 Å². The van der Waals surface area contributed by atoms with Crippen LogP contribution in [0.4, 0.5) is 0 Å². The van der Waals surface area contributed by atoms with Gasteiger partial charge in [0.1, 0.15) is 0 Å². The van der Waals surface area contributed by atoms with Crippen molar-refractivity contribution in [2.45, 2.75) is 0 Å². The van der Waals surface area contributed by atoms with Gasteiger partial charge in [0.05, 0.1) is 17.6 Å². The molecular formula is C9H6NO2S-. The minimum absolute atomic E-state index is 0.0478. The zero-order valence-electron chi connectivity index (χ0n) is 6.74. The van der Waals surface area contributed by atoms with Gasteiger partial charge in [0, 0.05) is 5.75 Å². The van der Waals surface area contributed by atoms with E-state index in [0.717, 1.165) is 0 Å². The van der Waals surface area contributed by atoms with Crippen molar-refractivity contribution in [3.8, 4) is 6.07 Å². The van der Waals surface area contributed by atoms with Crippen LogP contribution < -0.4 is 5.11 Å². The van der Waals surface area contributed by atoms with E-state index in [-0.39, 0.29) is 5.57 Å². The van der Waals surface area contributed by atoms with Crippen molar-refractivity contribution in [1.29, 1.82) is 5.26 Å².